The van der Waals surface area contributed by atoms with Crippen molar-refractivity contribution >= 4 is 11.6 Å². The van der Waals surface area contributed by atoms with Gasteiger partial charge in [-0.15, -0.1) is 0 Å². The molecule has 21 heavy (non-hydrogen) atoms. The number of benzene rings is 1. The third kappa shape index (κ3) is 4.72. The standard InChI is InChI=1S/C16H22N4O/c1-12-5-4-6-13(9-12)7-8-18-15-10-14(17-2)19-16(20-15)11-21-3/h4-6,9-10H,7-8,11H2,1-3H3,(H2,17,18,19,20). The lowest BCUT2D eigenvalue weighted by Gasteiger charge is -2.10. The number of ether oxygens (including phenoxy) is 1. The van der Waals surface area contributed by atoms with Gasteiger partial charge in [-0.25, -0.2) is 9.97 Å². The number of aromatic nitrogens is 2. The van der Waals surface area contributed by atoms with Gasteiger partial charge in [0, 0.05) is 26.8 Å². The van der Waals surface area contributed by atoms with E-state index in [1.54, 1.807) is 7.11 Å². The Bertz CT molecular complexity index is 586. The van der Waals surface area contributed by atoms with E-state index in [9.17, 15) is 0 Å². The Hall–Kier alpha value is -2.14. The molecule has 0 unspecified atom stereocenters. The van der Waals surface area contributed by atoms with Crippen molar-refractivity contribution in [1.29, 1.82) is 0 Å². The Kier molecular flexibility index (Phi) is 5.51. The summed E-state index contributed by atoms with van der Waals surface area (Å²) in [5, 5.41) is 6.37. The van der Waals surface area contributed by atoms with Crippen LogP contribution in [0.5, 0.6) is 0 Å². The van der Waals surface area contributed by atoms with Gasteiger partial charge >= 0.3 is 0 Å². The number of anilines is 2. The van der Waals surface area contributed by atoms with Crippen molar-refractivity contribution < 1.29 is 4.74 Å². The fourth-order valence-electron chi connectivity index (χ4n) is 2.11. The maximum absolute atomic E-state index is 5.09. The van der Waals surface area contributed by atoms with Gasteiger partial charge in [0.2, 0.25) is 0 Å². The van der Waals surface area contributed by atoms with Crippen LogP contribution in [0.15, 0.2) is 30.3 Å². The maximum atomic E-state index is 5.09. The van der Waals surface area contributed by atoms with E-state index in [1.165, 1.54) is 11.1 Å². The summed E-state index contributed by atoms with van der Waals surface area (Å²) in [6.45, 7) is 3.34. The molecule has 0 amide bonds. The molecule has 5 heteroatoms. The van der Waals surface area contributed by atoms with E-state index < -0.39 is 0 Å². The Morgan fingerprint density at radius 2 is 1.95 bits per heavy atom. The highest BCUT2D eigenvalue weighted by Gasteiger charge is 2.03. The quantitative estimate of drug-likeness (QED) is 0.819. The van der Waals surface area contributed by atoms with Gasteiger partial charge in [-0.3, -0.25) is 0 Å². The minimum atomic E-state index is 0.405. The lowest BCUT2D eigenvalue weighted by atomic mass is 10.1. The van der Waals surface area contributed by atoms with E-state index >= 15 is 0 Å². The van der Waals surface area contributed by atoms with Gasteiger partial charge in [0.15, 0.2) is 5.82 Å². The molecule has 0 spiro atoms. The molecule has 1 aromatic carbocycles. The average Bonchev–Trinajstić information content (AvgIpc) is 2.47. The molecule has 0 fully saturated rings. The predicted octanol–water partition coefficient (Wildman–Crippen LogP) is 2.63. The summed E-state index contributed by atoms with van der Waals surface area (Å²) in [7, 11) is 3.48. The van der Waals surface area contributed by atoms with E-state index in [4.69, 9.17) is 4.74 Å². The first-order valence-corrected chi connectivity index (χ1v) is 7.05. The number of rotatable bonds is 7. The van der Waals surface area contributed by atoms with Gasteiger partial charge in [-0.1, -0.05) is 29.8 Å². The van der Waals surface area contributed by atoms with Crippen LogP contribution in [-0.2, 0) is 17.8 Å². The molecule has 2 N–H and O–H groups in total. The van der Waals surface area contributed by atoms with Crippen LogP contribution >= 0.6 is 0 Å². The summed E-state index contributed by atoms with van der Waals surface area (Å²) < 4.78 is 5.09. The molecule has 0 radical (unpaired) electrons. The first-order valence-electron chi connectivity index (χ1n) is 7.05. The van der Waals surface area contributed by atoms with Crippen molar-refractivity contribution in [3.8, 4) is 0 Å². The summed E-state index contributed by atoms with van der Waals surface area (Å²) in [6, 6.07) is 10.4. The minimum Gasteiger partial charge on any atom is -0.377 e. The summed E-state index contributed by atoms with van der Waals surface area (Å²) >= 11 is 0. The first kappa shape index (κ1) is 15.3. The highest BCUT2D eigenvalue weighted by molar-refractivity contribution is 5.47. The van der Waals surface area contributed by atoms with Crippen LogP contribution in [0.1, 0.15) is 17.0 Å². The molecule has 5 nitrogen and oxygen atoms in total. The van der Waals surface area contributed by atoms with Crippen molar-refractivity contribution in [2.45, 2.75) is 20.0 Å². The summed E-state index contributed by atoms with van der Waals surface area (Å²) in [5.74, 6) is 2.27. The van der Waals surface area contributed by atoms with Gasteiger partial charge in [0.25, 0.3) is 0 Å². The fourth-order valence-corrected chi connectivity index (χ4v) is 2.11. The van der Waals surface area contributed by atoms with Crippen molar-refractivity contribution in [2.75, 3.05) is 31.3 Å². The molecule has 0 atom stereocenters. The Labute approximate surface area is 125 Å². The van der Waals surface area contributed by atoms with Crippen LogP contribution in [-0.4, -0.2) is 30.7 Å². The van der Waals surface area contributed by atoms with E-state index in [0.717, 1.165) is 24.6 Å². The van der Waals surface area contributed by atoms with Crippen molar-refractivity contribution in [3.63, 3.8) is 0 Å². The number of hydrogen-bond acceptors (Lipinski definition) is 5. The van der Waals surface area contributed by atoms with Gasteiger partial charge in [0.05, 0.1) is 0 Å². The largest absolute Gasteiger partial charge is 0.377 e. The highest BCUT2D eigenvalue weighted by Crippen LogP contribution is 2.12. The Morgan fingerprint density at radius 1 is 1.14 bits per heavy atom. The third-order valence-corrected chi connectivity index (χ3v) is 3.10. The molecule has 112 valence electrons. The second-order valence-corrected chi connectivity index (χ2v) is 4.90. The zero-order chi connectivity index (χ0) is 15.1. The second kappa shape index (κ2) is 7.59. The molecule has 0 aliphatic heterocycles. The molecule has 0 saturated heterocycles. The van der Waals surface area contributed by atoms with Crippen molar-refractivity contribution in [3.05, 3.63) is 47.3 Å². The number of methoxy groups -OCH3 is 1. The van der Waals surface area contributed by atoms with E-state index in [-0.39, 0.29) is 0 Å². The molecule has 1 aromatic heterocycles. The monoisotopic (exact) mass is 286 g/mol. The molecule has 0 bridgehead atoms. The zero-order valence-corrected chi connectivity index (χ0v) is 12.8. The van der Waals surface area contributed by atoms with Gasteiger partial charge in [-0.2, -0.15) is 0 Å². The molecular weight excluding hydrogens is 264 g/mol. The Morgan fingerprint density at radius 3 is 2.67 bits per heavy atom. The van der Waals surface area contributed by atoms with Crippen LogP contribution in [0.2, 0.25) is 0 Å². The normalized spacial score (nSPS) is 10.4. The van der Waals surface area contributed by atoms with Crippen LogP contribution < -0.4 is 10.6 Å². The second-order valence-electron chi connectivity index (χ2n) is 4.90. The third-order valence-electron chi connectivity index (χ3n) is 3.10. The van der Waals surface area contributed by atoms with Crippen LogP contribution in [0.4, 0.5) is 11.6 Å². The van der Waals surface area contributed by atoms with Crippen LogP contribution in [0, 0.1) is 6.92 Å². The van der Waals surface area contributed by atoms with E-state index in [1.807, 2.05) is 13.1 Å². The van der Waals surface area contributed by atoms with Gasteiger partial charge in [0.1, 0.15) is 18.2 Å². The predicted molar refractivity (Wildman–Crippen MR) is 85.7 cm³/mol. The molecule has 0 saturated carbocycles. The zero-order valence-electron chi connectivity index (χ0n) is 12.8. The smallest absolute Gasteiger partial charge is 0.158 e. The van der Waals surface area contributed by atoms with Gasteiger partial charge < -0.3 is 15.4 Å². The lowest BCUT2D eigenvalue weighted by Crippen LogP contribution is -2.10. The average molecular weight is 286 g/mol. The molecule has 1 heterocycles. The number of nitrogens with one attached hydrogen (secondary N) is 2. The summed E-state index contributed by atoms with van der Waals surface area (Å²) in [5.41, 5.74) is 2.61. The lowest BCUT2D eigenvalue weighted by molar-refractivity contribution is 0.178. The number of nitrogens with zero attached hydrogens (tertiary/aromatic N) is 2. The highest BCUT2D eigenvalue weighted by atomic mass is 16.5. The molecule has 2 aromatic rings. The topological polar surface area (TPSA) is 59.1 Å². The molecule has 0 aliphatic rings. The maximum Gasteiger partial charge on any atom is 0.158 e. The van der Waals surface area contributed by atoms with Crippen molar-refractivity contribution in [1.82, 2.24) is 9.97 Å². The van der Waals surface area contributed by atoms with E-state index in [0.29, 0.717) is 12.4 Å². The molecule has 0 aliphatic carbocycles. The van der Waals surface area contributed by atoms with Gasteiger partial charge in [-0.05, 0) is 18.9 Å². The summed E-state index contributed by atoms with van der Waals surface area (Å²) in [6.07, 6.45) is 0.959. The number of hydrogen-bond donors (Lipinski definition) is 2. The van der Waals surface area contributed by atoms with E-state index in [2.05, 4.69) is 51.8 Å². The van der Waals surface area contributed by atoms with Crippen LogP contribution in [0.25, 0.3) is 0 Å². The molecular formula is C16H22N4O. The summed E-state index contributed by atoms with van der Waals surface area (Å²) in [4.78, 5) is 8.76. The van der Waals surface area contributed by atoms with Crippen molar-refractivity contribution in [2.24, 2.45) is 0 Å². The first-order chi connectivity index (χ1) is 10.2. The SMILES string of the molecule is CNc1cc(NCCc2cccc(C)c2)nc(COC)n1. The number of aryl methyl sites for hydroxylation is 1. The fraction of sp³-hybridized carbons (Fsp3) is 0.375. The molecule has 2 rings (SSSR count). The van der Waals surface area contributed by atoms with Crippen LogP contribution in [0.3, 0.4) is 0 Å². The Balaban J connectivity index is 1.97. The minimum absolute atomic E-state index is 0.405.